The van der Waals surface area contributed by atoms with Crippen molar-refractivity contribution in [3.63, 3.8) is 0 Å². The summed E-state index contributed by atoms with van der Waals surface area (Å²) in [6, 6.07) is 0. The molecule has 0 atom stereocenters. The van der Waals surface area contributed by atoms with Crippen LogP contribution in [0.15, 0.2) is 0 Å². The summed E-state index contributed by atoms with van der Waals surface area (Å²) in [4.78, 5) is 10.2. The van der Waals surface area contributed by atoms with Crippen LogP contribution in [0.1, 0.15) is 19.3 Å². The lowest BCUT2D eigenvalue weighted by Gasteiger charge is -2.07. The molecule has 0 saturated carbocycles. The lowest BCUT2D eigenvalue weighted by atomic mass is 10.2. The summed E-state index contributed by atoms with van der Waals surface area (Å²) in [5.74, 6) is -0.810. The second-order valence-electron chi connectivity index (χ2n) is 4.23. The summed E-state index contributed by atoms with van der Waals surface area (Å²) in [5, 5.41) is 21.0. The fourth-order valence-corrected chi connectivity index (χ4v) is 1.53. The highest BCUT2D eigenvalue weighted by molar-refractivity contribution is 5.68. The molecule has 0 bridgehead atoms. The van der Waals surface area contributed by atoms with E-state index in [4.69, 9.17) is 5.11 Å². The molecular formula is C12H28N4O2. The normalized spacial score (nSPS) is 10.7. The van der Waals surface area contributed by atoms with Gasteiger partial charge in [-0.15, -0.1) is 0 Å². The number of hydrogen-bond acceptors (Lipinski definition) is 5. The van der Waals surface area contributed by atoms with Crippen LogP contribution >= 0.6 is 0 Å². The van der Waals surface area contributed by atoms with Crippen LogP contribution in [0.2, 0.25) is 0 Å². The van der Waals surface area contributed by atoms with Gasteiger partial charge in [0.05, 0.1) is 6.54 Å². The third-order valence-corrected chi connectivity index (χ3v) is 2.51. The van der Waals surface area contributed by atoms with Crippen LogP contribution in [0.3, 0.4) is 0 Å². The van der Waals surface area contributed by atoms with Gasteiger partial charge in [0.2, 0.25) is 0 Å². The Balaban J connectivity index is 2.92. The van der Waals surface area contributed by atoms with Crippen LogP contribution in [-0.4, -0.2) is 63.9 Å². The third-order valence-electron chi connectivity index (χ3n) is 2.51. The van der Waals surface area contributed by atoms with Crippen molar-refractivity contribution in [3.05, 3.63) is 0 Å². The second-order valence-corrected chi connectivity index (χ2v) is 4.23. The standard InChI is InChI=1S/C12H28N4O2/c1-13-5-3-2-4-6-14-7-8-15-9-10-16-11-12(17)18/h13-16H,2-11H2,1H3,(H,17,18). The zero-order valence-corrected chi connectivity index (χ0v) is 11.4. The number of unbranched alkanes of at least 4 members (excludes halogenated alkanes) is 2. The molecule has 0 saturated heterocycles. The summed E-state index contributed by atoms with van der Waals surface area (Å²) < 4.78 is 0. The lowest BCUT2D eigenvalue weighted by molar-refractivity contribution is -0.135. The maximum absolute atomic E-state index is 10.2. The number of hydrogen-bond donors (Lipinski definition) is 5. The lowest BCUT2D eigenvalue weighted by Crippen LogP contribution is -2.34. The van der Waals surface area contributed by atoms with Gasteiger partial charge in [0, 0.05) is 26.2 Å². The largest absolute Gasteiger partial charge is 0.480 e. The van der Waals surface area contributed by atoms with Crippen LogP contribution < -0.4 is 21.3 Å². The van der Waals surface area contributed by atoms with Crippen molar-refractivity contribution >= 4 is 5.97 Å². The first-order valence-corrected chi connectivity index (χ1v) is 6.76. The number of carboxylic acid groups (broad SMARTS) is 1. The van der Waals surface area contributed by atoms with Gasteiger partial charge in [0.15, 0.2) is 0 Å². The van der Waals surface area contributed by atoms with Crippen molar-refractivity contribution < 1.29 is 9.90 Å². The highest BCUT2D eigenvalue weighted by Crippen LogP contribution is 1.91. The van der Waals surface area contributed by atoms with E-state index in [9.17, 15) is 4.79 Å². The van der Waals surface area contributed by atoms with Crippen LogP contribution in [0.4, 0.5) is 0 Å². The fourth-order valence-electron chi connectivity index (χ4n) is 1.53. The topological polar surface area (TPSA) is 85.4 Å². The average molecular weight is 260 g/mol. The molecule has 0 spiro atoms. The number of nitrogens with one attached hydrogen (secondary N) is 4. The van der Waals surface area contributed by atoms with Crippen LogP contribution in [0, 0.1) is 0 Å². The first-order valence-electron chi connectivity index (χ1n) is 6.76. The highest BCUT2D eigenvalue weighted by Gasteiger charge is 1.94. The maximum Gasteiger partial charge on any atom is 0.317 e. The molecule has 108 valence electrons. The van der Waals surface area contributed by atoms with Crippen molar-refractivity contribution in [1.82, 2.24) is 21.3 Å². The van der Waals surface area contributed by atoms with Gasteiger partial charge in [-0.1, -0.05) is 6.42 Å². The smallest absolute Gasteiger partial charge is 0.317 e. The first-order chi connectivity index (χ1) is 8.77. The summed E-state index contributed by atoms with van der Waals surface area (Å²) in [5.41, 5.74) is 0. The van der Waals surface area contributed by atoms with Crippen LogP contribution in [0.5, 0.6) is 0 Å². The molecule has 0 aliphatic heterocycles. The molecule has 6 heteroatoms. The van der Waals surface area contributed by atoms with Gasteiger partial charge in [0.1, 0.15) is 0 Å². The van der Waals surface area contributed by atoms with E-state index in [1.165, 1.54) is 19.3 Å². The Hall–Kier alpha value is -0.690. The summed E-state index contributed by atoms with van der Waals surface area (Å²) in [6.45, 7) is 5.59. The molecule has 0 heterocycles. The Labute approximate surface area is 110 Å². The molecule has 5 N–H and O–H groups in total. The predicted molar refractivity (Wildman–Crippen MR) is 74.0 cm³/mol. The minimum atomic E-state index is -0.810. The minimum absolute atomic E-state index is 0.0343. The zero-order valence-electron chi connectivity index (χ0n) is 11.4. The monoisotopic (exact) mass is 260 g/mol. The summed E-state index contributed by atoms with van der Waals surface area (Å²) >= 11 is 0. The Morgan fingerprint density at radius 3 is 2.00 bits per heavy atom. The van der Waals surface area contributed by atoms with E-state index in [-0.39, 0.29) is 6.54 Å². The van der Waals surface area contributed by atoms with E-state index in [0.717, 1.165) is 32.7 Å². The third kappa shape index (κ3) is 15.3. The maximum atomic E-state index is 10.2. The Morgan fingerprint density at radius 1 is 0.833 bits per heavy atom. The molecule has 0 rings (SSSR count). The molecule has 6 nitrogen and oxygen atoms in total. The molecule has 0 amide bonds. The van der Waals surface area contributed by atoms with Gasteiger partial charge in [0.25, 0.3) is 0 Å². The fraction of sp³-hybridized carbons (Fsp3) is 0.917. The Kier molecular flexibility index (Phi) is 13.8. The summed E-state index contributed by atoms with van der Waals surface area (Å²) in [7, 11) is 1.98. The Morgan fingerprint density at radius 2 is 1.39 bits per heavy atom. The molecule has 0 aromatic heterocycles. The molecule has 0 unspecified atom stereocenters. The van der Waals surface area contributed by atoms with E-state index in [1.807, 2.05) is 7.05 Å². The van der Waals surface area contributed by atoms with E-state index in [2.05, 4.69) is 21.3 Å². The van der Waals surface area contributed by atoms with E-state index in [1.54, 1.807) is 0 Å². The van der Waals surface area contributed by atoms with Crippen molar-refractivity contribution in [2.45, 2.75) is 19.3 Å². The van der Waals surface area contributed by atoms with Crippen molar-refractivity contribution in [1.29, 1.82) is 0 Å². The second kappa shape index (κ2) is 14.4. The van der Waals surface area contributed by atoms with Gasteiger partial charge in [-0.05, 0) is 33.0 Å². The van der Waals surface area contributed by atoms with Crippen molar-refractivity contribution in [2.75, 3.05) is 52.9 Å². The predicted octanol–water partition coefficient (Wildman–Crippen LogP) is -0.770. The molecule has 18 heavy (non-hydrogen) atoms. The zero-order chi connectivity index (χ0) is 13.5. The number of rotatable bonds is 14. The number of carboxylic acids is 1. The van der Waals surface area contributed by atoms with Crippen molar-refractivity contribution in [2.24, 2.45) is 0 Å². The first kappa shape index (κ1) is 17.3. The molecule has 0 aromatic carbocycles. The average Bonchev–Trinajstić information content (AvgIpc) is 2.34. The summed E-state index contributed by atoms with van der Waals surface area (Å²) in [6.07, 6.45) is 3.73. The van der Waals surface area contributed by atoms with Crippen LogP contribution in [0.25, 0.3) is 0 Å². The van der Waals surface area contributed by atoms with Gasteiger partial charge < -0.3 is 26.4 Å². The quantitative estimate of drug-likeness (QED) is 0.264. The van der Waals surface area contributed by atoms with Crippen molar-refractivity contribution in [3.8, 4) is 0 Å². The van der Waals surface area contributed by atoms with Gasteiger partial charge in [-0.2, -0.15) is 0 Å². The Bertz CT molecular complexity index is 191. The van der Waals surface area contributed by atoms with E-state index >= 15 is 0 Å². The number of carbonyl (C=O) groups is 1. The molecule has 0 radical (unpaired) electrons. The molecule has 0 fully saturated rings. The molecular weight excluding hydrogens is 232 g/mol. The molecule has 0 aliphatic carbocycles. The van der Waals surface area contributed by atoms with Gasteiger partial charge in [-0.25, -0.2) is 0 Å². The van der Waals surface area contributed by atoms with Crippen LogP contribution in [-0.2, 0) is 4.79 Å². The highest BCUT2D eigenvalue weighted by atomic mass is 16.4. The molecule has 0 aliphatic rings. The van der Waals surface area contributed by atoms with Gasteiger partial charge >= 0.3 is 5.97 Å². The molecule has 0 aromatic rings. The SMILES string of the molecule is CNCCCCCNCCNCCNCC(=O)O. The van der Waals surface area contributed by atoms with Gasteiger partial charge in [-0.3, -0.25) is 4.79 Å². The van der Waals surface area contributed by atoms with E-state index < -0.39 is 5.97 Å². The van der Waals surface area contributed by atoms with E-state index in [0.29, 0.717) is 6.54 Å². The number of aliphatic carboxylic acids is 1. The minimum Gasteiger partial charge on any atom is -0.480 e.